The molecule has 0 unspecified atom stereocenters. The SMILES string of the molecule is COCCCN(C)CC(=O)Nc1ccc(C)c(C)c1. The Hall–Kier alpha value is -1.39. The smallest absolute Gasteiger partial charge is 0.238 e. The molecule has 0 saturated carbocycles. The van der Waals surface area contributed by atoms with Gasteiger partial charge in [0.2, 0.25) is 5.91 Å². The number of nitrogens with zero attached hydrogens (tertiary/aromatic N) is 1. The Bertz CT molecular complexity index is 419. The van der Waals surface area contributed by atoms with E-state index in [4.69, 9.17) is 4.74 Å². The van der Waals surface area contributed by atoms with E-state index in [0.29, 0.717) is 6.54 Å². The summed E-state index contributed by atoms with van der Waals surface area (Å²) in [4.78, 5) is 13.9. The third-order valence-electron chi connectivity index (χ3n) is 3.09. The maximum Gasteiger partial charge on any atom is 0.238 e. The molecule has 4 nitrogen and oxygen atoms in total. The third-order valence-corrected chi connectivity index (χ3v) is 3.09. The number of nitrogens with one attached hydrogen (secondary N) is 1. The van der Waals surface area contributed by atoms with Crippen molar-refractivity contribution >= 4 is 11.6 Å². The monoisotopic (exact) mass is 264 g/mol. The number of amides is 1. The normalized spacial score (nSPS) is 10.8. The molecule has 106 valence electrons. The summed E-state index contributed by atoms with van der Waals surface area (Å²) in [6.45, 7) is 6.08. The molecule has 0 saturated heterocycles. The average molecular weight is 264 g/mol. The van der Waals surface area contributed by atoms with Crippen LogP contribution in [0.2, 0.25) is 0 Å². The molecule has 0 aliphatic heterocycles. The lowest BCUT2D eigenvalue weighted by molar-refractivity contribution is -0.117. The van der Waals surface area contributed by atoms with Crippen LogP contribution >= 0.6 is 0 Å². The number of carbonyl (C=O) groups is 1. The van der Waals surface area contributed by atoms with Crippen LogP contribution in [0.4, 0.5) is 5.69 Å². The van der Waals surface area contributed by atoms with Gasteiger partial charge in [0.15, 0.2) is 0 Å². The van der Waals surface area contributed by atoms with E-state index in [1.807, 2.05) is 37.1 Å². The molecule has 1 amide bonds. The van der Waals surface area contributed by atoms with E-state index in [1.54, 1.807) is 7.11 Å². The lowest BCUT2D eigenvalue weighted by atomic mass is 10.1. The molecule has 0 aliphatic carbocycles. The van der Waals surface area contributed by atoms with Gasteiger partial charge >= 0.3 is 0 Å². The van der Waals surface area contributed by atoms with Crippen LogP contribution in [0.25, 0.3) is 0 Å². The van der Waals surface area contributed by atoms with Crippen molar-refractivity contribution < 1.29 is 9.53 Å². The van der Waals surface area contributed by atoms with Gasteiger partial charge in [0.1, 0.15) is 0 Å². The van der Waals surface area contributed by atoms with Gasteiger partial charge in [-0.3, -0.25) is 9.69 Å². The van der Waals surface area contributed by atoms with E-state index >= 15 is 0 Å². The Morgan fingerprint density at radius 1 is 1.32 bits per heavy atom. The lowest BCUT2D eigenvalue weighted by Gasteiger charge is -2.16. The minimum atomic E-state index is 0.0168. The van der Waals surface area contributed by atoms with Gasteiger partial charge in [-0.2, -0.15) is 0 Å². The first-order chi connectivity index (χ1) is 9.02. The standard InChI is InChI=1S/C15H24N2O2/c1-12-6-7-14(10-13(12)2)16-15(18)11-17(3)8-5-9-19-4/h6-7,10H,5,8-9,11H2,1-4H3,(H,16,18). The number of likely N-dealkylation sites (N-methyl/N-ethyl adjacent to an activating group) is 1. The molecule has 0 aromatic heterocycles. The topological polar surface area (TPSA) is 41.6 Å². The van der Waals surface area contributed by atoms with Crippen molar-refractivity contribution in [1.82, 2.24) is 4.90 Å². The summed E-state index contributed by atoms with van der Waals surface area (Å²) in [6.07, 6.45) is 0.934. The summed E-state index contributed by atoms with van der Waals surface area (Å²) in [6, 6.07) is 5.95. The number of hydrogen-bond donors (Lipinski definition) is 1. The van der Waals surface area contributed by atoms with Gasteiger partial charge in [-0.1, -0.05) is 6.07 Å². The predicted octanol–water partition coefficient (Wildman–Crippen LogP) is 2.21. The third kappa shape index (κ3) is 5.85. The first kappa shape index (κ1) is 15.7. The second-order valence-electron chi connectivity index (χ2n) is 4.93. The van der Waals surface area contributed by atoms with E-state index < -0.39 is 0 Å². The van der Waals surface area contributed by atoms with Crippen LogP contribution in [0.15, 0.2) is 18.2 Å². The van der Waals surface area contributed by atoms with Gasteiger partial charge < -0.3 is 10.1 Å². The fourth-order valence-electron chi connectivity index (χ4n) is 1.82. The van der Waals surface area contributed by atoms with E-state index in [9.17, 15) is 4.79 Å². The molecule has 0 heterocycles. The molecule has 0 bridgehead atoms. The number of benzene rings is 1. The van der Waals surface area contributed by atoms with Crippen LogP contribution in [-0.2, 0) is 9.53 Å². The molecule has 1 N–H and O–H groups in total. The van der Waals surface area contributed by atoms with Crippen LogP contribution in [0, 0.1) is 13.8 Å². The maximum absolute atomic E-state index is 11.9. The van der Waals surface area contributed by atoms with Gasteiger partial charge in [0.25, 0.3) is 0 Å². The van der Waals surface area contributed by atoms with Crippen molar-refractivity contribution in [2.45, 2.75) is 20.3 Å². The van der Waals surface area contributed by atoms with Gasteiger partial charge in [0.05, 0.1) is 6.54 Å². The zero-order valence-electron chi connectivity index (χ0n) is 12.3. The first-order valence-electron chi connectivity index (χ1n) is 6.57. The van der Waals surface area contributed by atoms with Crippen LogP contribution in [0.1, 0.15) is 17.5 Å². The quantitative estimate of drug-likeness (QED) is 0.768. The highest BCUT2D eigenvalue weighted by atomic mass is 16.5. The van der Waals surface area contributed by atoms with E-state index in [-0.39, 0.29) is 5.91 Å². The number of hydrogen-bond acceptors (Lipinski definition) is 3. The van der Waals surface area contributed by atoms with Crippen LogP contribution < -0.4 is 5.32 Å². The Balaban J connectivity index is 2.39. The number of rotatable bonds is 7. The van der Waals surface area contributed by atoms with E-state index in [0.717, 1.165) is 25.3 Å². The zero-order chi connectivity index (χ0) is 14.3. The minimum absolute atomic E-state index is 0.0168. The summed E-state index contributed by atoms with van der Waals surface area (Å²) in [7, 11) is 3.63. The molecule has 0 aliphatic rings. The largest absolute Gasteiger partial charge is 0.385 e. The fraction of sp³-hybridized carbons (Fsp3) is 0.533. The highest BCUT2D eigenvalue weighted by Gasteiger charge is 2.07. The highest BCUT2D eigenvalue weighted by Crippen LogP contribution is 2.13. The van der Waals surface area contributed by atoms with Gasteiger partial charge in [-0.25, -0.2) is 0 Å². The number of ether oxygens (including phenoxy) is 1. The fourth-order valence-corrected chi connectivity index (χ4v) is 1.82. The summed E-state index contributed by atoms with van der Waals surface area (Å²) in [5.41, 5.74) is 3.28. The summed E-state index contributed by atoms with van der Waals surface area (Å²) < 4.78 is 4.99. The molecular formula is C15H24N2O2. The highest BCUT2D eigenvalue weighted by molar-refractivity contribution is 5.92. The molecule has 0 atom stereocenters. The average Bonchev–Trinajstić information content (AvgIpc) is 2.34. The molecule has 1 aromatic rings. The Labute approximate surface area is 115 Å². The van der Waals surface area contributed by atoms with Crippen molar-refractivity contribution in [2.75, 3.05) is 39.2 Å². The van der Waals surface area contributed by atoms with Crippen LogP contribution in [-0.4, -0.2) is 44.7 Å². The Kier molecular flexibility index (Phi) is 6.53. The molecule has 0 radical (unpaired) electrons. The van der Waals surface area contributed by atoms with Crippen LogP contribution in [0.5, 0.6) is 0 Å². The number of aryl methyl sites for hydroxylation is 2. The first-order valence-corrected chi connectivity index (χ1v) is 6.57. The lowest BCUT2D eigenvalue weighted by Crippen LogP contribution is -2.31. The van der Waals surface area contributed by atoms with Gasteiger partial charge in [-0.15, -0.1) is 0 Å². The summed E-state index contributed by atoms with van der Waals surface area (Å²) in [5, 5.41) is 2.92. The molecule has 0 fully saturated rings. The maximum atomic E-state index is 11.9. The van der Waals surface area contributed by atoms with Crippen molar-refractivity contribution in [3.05, 3.63) is 29.3 Å². The number of anilines is 1. The summed E-state index contributed by atoms with van der Waals surface area (Å²) >= 11 is 0. The van der Waals surface area contributed by atoms with Crippen LogP contribution in [0.3, 0.4) is 0 Å². The second-order valence-corrected chi connectivity index (χ2v) is 4.93. The van der Waals surface area contributed by atoms with E-state index in [1.165, 1.54) is 11.1 Å². The molecule has 4 heteroatoms. The molecular weight excluding hydrogens is 240 g/mol. The zero-order valence-corrected chi connectivity index (χ0v) is 12.3. The van der Waals surface area contributed by atoms with Crippen molar-refractivity contribution in [3.8, 4) is 0 Å². The van der Waals surface area contributed by atoms with E-state index in [2.05, 4.69) is 12.2 Å². The molecule has 19 heavy (non-hydrogen) atoms. The Morgan fingerprint density at radius 3 is 2.68 bits per heavy atom. The minimum Gasteiger partial charge on any atom is -0.385 e. The number of carbonyl (C=O) groups excluding carboxylic acids is 1. The van der Waals surface area contributed by atoms with Gasteiger partial charge in [0, 0.05) is 25.9 Å². The molecule has 1 rings (SSSR count). The molecule has 0 spiro atoms. The predicted molar refractivity (Wildman–Crippen MR) is 78.5 cm³/mol. The van der Waals surface area contributed by atoms with Crippen molar-refractivity contribution in [2.24, 2.45) is 0 Å². The van der Waals surface area contributed by atoms with Crippen molar-refractivity contribution in [1.29, 1.82) is 0 Å². The van der Waals surface area contributed by atoms with Crippen molar-refractivity contribution in [3.63, 3.8) is 0 Å². The Morgan fingerprint density at radius 2 is 2.05 bits per heavy atom. The molecule has 1 aromatic carbocycles. The number of methoxy groups -OCH3 is 1. The second kappa shape index (κ2) is 7.92. The summed E-state index contributed by atoms with van der Waals surface area (Å²) in [5.74, 6) is 0.0168. The van der Waals surface area contributed by atoms with Gasteiger partial charge in [-0.05, 0) is 50.6 Å².